The van der Waals surface area contributed by atoms with Crippen LogP contribution in [0.4, 0.5) is 4.39 Å². The van der Waals surface area contributed by atoms with Crippen molar-refractivity contribution in [1.29, 1.82) is 0 Å². The molecule has 0 saturated heterocycles. The SMILES string of the molecule is BCC(C)NCC(C)(F)CC. The van der Waals surface area contributed by atoms with E-state index < -0.39 is 5.67 Å². The molecule has 0 aliphatic carbocycles. The van der Waals surface area contributed by atoms with E-state index in [-0.39, 0.29) is 0 Å². The van der Waals surface area contributed by atoms with Crippen LogP contribution in [0.2, 0.25) is 6.32 Å². The molecule has 0 heterocycles. The summed E-state index contributed by atoms with van der Waals surface area (Å²) in [5, 5.41) is 3.15. The van der Waals surface area contributed by atoms with Gasteiger partial charge in [-0.1, -0.05) is 20.2 Å². The van der Waals surface area contributed by atoms with Crippen molar-refractivity contribution in [3.63, 3.8) is 0 Å². The molecule has 0 aromatic rings. The molecule has 0 aliphatic rings. The molecule has 0 aliphatic heterocycles. The lowest BCUT2D eigenvalue weighted by Crippen LogP contribution is -2.38. The molecule has 0 rings (SSSR count). The van der Waals surface area contributed by atoms with Gasteiger partial charge in [0.1, 0.15) is 13.5 Å². The van der Waals surface area contributed by atoms with Gasteiger partial charge >= 0.3 is 0 Å². The molecule has 66 valence electrons. The molecule has 0 spiro atoms. The predicted molar refractivity (Wildman–Crippen MR) is 50.6 cm³/mol. The first-order valence-electron chi connectivity index (χ1n) is 4.44. The minimum Gasteiger partial charge on any atom is -0.312 e. The highest BCUT2D eigenvalue weighted by Gasteiger charge is 2.19. The molecule has 3 heteroatoms. The Morgan fingerprint density at radius 3 is 2.55 bits per heavy atom. The maximum atomic E-state index is 13.3. The quantitative estimate of drug-likeness (QED) is 0.593. The van der Waals surface area contributed by atoms with Gasteiger partial charge in [0, 0.05) is 6.54 Å². The van der Waals surface area contributed by atoms with Crippen LogP contribution in [-0.4, -0.2) is 26.1 Å². The third-order valence-corrected chi connectivity index (χ3v) is 2.17. The summed E-state index contributed by atoms with van der Waals surface area (Å²) in [6.45, 7) is 6.06. The number of hydrogen-bond donors (Lipinski definition) is 1. The summed E-state index contributed by atoms with van der Waals surface area (Å²) in [5.74, 6) is 0. The third-order valence-electron chi connectivity index (χ3n) is 2.17. The van der Waals surface area contributed by atoms with E-state index in [1.54, 1.807) is 6.92 Å². The predicted octanol–water partition coefficient (Wildman–Crippen LogP) is 1.15. The van der Waals surface area contributed by atoms with E-state index in [4.69, 9.17) is 0 Å². The fourth-order valence-electron chi connectivity index (χ4n) is 0.656. The summed E-state index contributed by atoms with van der Waals surface area (Å²) in [6, 6.07) is 0.427. The van der Waals surface area contributed by atoms with Gasteiger partial charge < -0.3 is 5.32 Å². The summed E-state index contributed by atoms with van der Waals surface area (Å²) in [6.07, 6.45) is 1.64. The second-order valence-corrected chi connectivity index (χ2v) is 3.46. The van der Waals surface area contributed by atoms with Crippen molar-refractivity contribution in [3.05, 3.63) is 0 Å². The summed E-state index contributed by atoms with van der Waals surface area (Å²) < 4.78 is 13.3. The largest absolute Gasteiger partial charge is 0.312 e. The molecule has 0 aromatic carbocycles. The molecule has 1 N–H and O–H groups in total. The fraction of sp³-hybridized carbons (Fsp3) is 1.00. The Balaban J connectivity index is 3.52. The molecular weight excluding hydrogens is 140 g/mol. The van der Waals surface area contributed by atoms with Crippen molar-refractivity contribution in [1.82, 2.24) is 5.32 Å². The van der Waals surface area contributed by atoms with Crippen LogP contribution < -0.4 is 5.32 Å². The van der Waals surface area contributed by atoms with Crippen LogP contribution in [-0.2, 0) is 0 Å². The lowest BCUT2D eigenvalue weighted by atomic mass is 9.97. The first-order chi connectivity index (χ1) is 5.02. The summed E-state index contributed by atoms with van der Waals surface area (Å²) in [7, 11) is 2.10. The fourth-order valence-corrected chi connectivity index (χ4v) is 0.656. The highest BCUT2D eigenvalue weighted by Crippen LogP contribution is 2.12. The van der Waals surface area contributed by atoms with Crippen molar-refractivity contribution in [2.75, 3.05) is 6.54 Å². The van der Waals surface area contributed by atoms with Gasteiger partial charge in [0.25, 0.3) is 0 Å². The monoisotopic (exact) mass is 159 g/mol. The normalized spacial score (nSPS) is 19.3. The zero-order valence-electron chi connectivity index (χ0n) is 8.08. The molecule has 0 radical (unpaired) electrons. The molecule has 0 bridgehead atoms. The van der Waals surface area contributed by atoms with Gasteiger partial charge in [-0.25, -0.2) is 4.39 Å². The second kappa shape index (κ2) is 4.76. The summed E-state index contributed by atoms with van der Waals surface area (Å²) in [4.78, 5) is 0. The Morgan fingerprint density at radius 2 is 2.18 bits per heavy atom. The zero-order chi connectivity index (χ0) is 8.91. The van der Waals surface area contributed by atoms with E-state index in [1.165, 1.54) is 0 Å². The van der Waals surface area contributed by atoms with E-state index in [2.05, 4.69) is 20.1 Å². The Morgan fingerprint density at radius 1 is 1.64 bits per heavy atom. The highest BCUT2D eigenvalue weighted by atomic mass is 19.1. The number of nitrogens with one attached hydrogen (secondary N) is 1. The Bertz CT molecular complexity index is 106. The van der Waals surface area contributed by atoms with Crippen molar-refractivity contribution in [2.45, 2.75) is 45.2 Å². The summed E-state index contributed by atoms with van der Waals surface area (Å²) in [5.41, 5.74) is -1.04. The third kappa shape index (κ3) is 5.25. The molecule has 0 amide bonds. The molecule has 1 nitrogen and oxygen atoms in total. The van der Waals surface area contributed by atoms with Gasteiger partial charge in [-0.15, -0.1) is 0 Å². The zero-order valence-corrected chi connectivity index (χ0v) is 8.08. The lowest BCUT2D eigenvalue weighted by Gasteiger charge is -2.21. The molecule has 11 heavy (non-hydrogen) atoms. The molecule has 2 unspecified atom stereocenters. The topological polar surface area (TPSA) is 12.0 Å². The van der Waals surface area contributed by atoms with Gasteiger partial charge in [-0.2, -0.15) is 0 Å². The Hall–Kier alpha value is -0.0451. The Labute approximate surface area is 70.2 Å². The minimum atomic E-state index is -1.04. The van der Waals surface area contributed by atoms with Crippen LogP contribution in [0.5, 0.6) is 0 Å². The second-order valence-electron chi connectivity index (χ2n) is 3.46. The standard InChI is InChI=1S/C8H19BFN/c1-4-8(3,10)6-11-7(2)5-9/h7,11H,4-6,9H2,1-3H3. The van der Waals surface area contributed by atoms with E-state index >= 15 is 0 Å². The highest BCUT2D eigenvalue weighted by molar-refractivity contribution is 6.08. The van der Waals surface area contributed by atoms with Gasteiger partial charge in [0.05, 0.1) is 0 Å². The van der Waals surface area contributed by atoms with E-state index in [9.17, 15) is 4.39 Å². The van der Waals surface area contributed by atoms with Crippen molar-refractivity contribution >= 4 is 7.85 Å². The molecule has 0 fully saturated rings. The molecule has 0 aromatic heterocycles. The Kier molecular flexibility index (Phi) is 4.74. The average molecular weight is 159 g/mol. The summed E-state index contributed by atoms with van der Waals surface area (Å²) >= 11 is 0. The smallest absolute Gasteiger partial charge is 0.120 e. The van der Waals surface area contributed by atoms with Crippen molar-refractivity contribution in [3.8, 4) is 0 Å². The van der Waals surface area contributed by atoms with Gasteiger partial charge in [0.15, 0.2) is 0 Å². The first kappa shape index (κ1) is 11.0. The number of alkyl halides is 1. The minimum absolute atomic E-state index is 0.427. The maximum absolute atomic E-state index is 13.3. The van der Waals surface area contributed by atoms with Gasteiger partial charge in [-0.3, -0.25) is 0 Å². The van der Waals surface area contributed by atoms with Gasteiger partial charge in [-0.05, 0) is 19.4 Å². The van der Waals surface area contributed by atoms with Crippen molar-refractivity contribution < 1.29 is 4.39 Å². The van der Waals surface area contributed by atoms with Crippen LogP contribution in [0.15, 0.2) is 0 Å². The van der Waals surface area contributed by atoms with Crippen LogP contribution in [0.3, 0.4) is 0 Å². The van der Waals surface area contributed by atoms with Crippen LogP contribution >= 0.6 is 0 Å². The van der Waals surface area contributed by atoms with E-state index in [0.29, 0.717) is 19.0 Å². The lowest BCUT2D eigenvalue weighted by molar-refractivity contribution is 0.174. The molecule has 2 atom stereocenters. The number of hydrogen-bond acceptors (Lipinski definition) is 1. The maximum Gasteiger partial charge on any atom is 0.120 e. The van der Waals surface area contributed by atoms with E-state index in [0.717, 1.165) is 6.32 Å². The van der Waals surface area contributed by atoms with Gasteiger partial charge in [0.2, 0.25) is 0 Å². The first-order valence-corrected chi connectivity index (χ1v) is 4.44. The average Bonchev–Trinajstić information content (AvgIpc) is 2.00. The molecular formula is C8H19BFN. The number of rotatable bonds is 5. The molecule has 0 saturated carbocycles. The van der Waals surface area contributed by atoms with E-state index in [1.807, 2.05) is 6.92 Å². The van der Waals surface area contributed by atoms with Crippen LogP contribution in [0, 0.1) is 0 Å². The van der Waals surface area contributed by atoms with Crippen LogP contribution in [0.25, 0.3) is 0 Å². The van der Waals surface area contributed by atoms with Crippen molar-refractivity contribution in [2.24, 2.45) is 0 Å². The van der Waals surface area contributed by atoms with Crippen LogP contribution in [0.1, 0.15) is 27.2 Å². The number of halogens is 1.